The molecule has 5 aliphatic carbocycles. The van der Waals surface area contributed by atoms with Crippen molar-refractivity contribution in [3.05, 3.63) is 11.6 Å². The summed E-state index contributed by atoms with van der Waals surface area (Å²) >= 11 is 0. The normalized spacial score (nSPS) is 54.2. The molecule has 0 bridgehead atoms. The number of rotatable bonds is 11. The van der Waals surface area contributed by atoms with Gasteiger partial charge in [-0.15, -0.1) is 0 Å². The first-order chi connectivity index (χ1) is 31.4. The summed E-state index contributed by atoms with van der Waals surface area (Å²) in [6.07, 6.45) is -16.5. The van der Waals surface area contributed by atoms with Gasteiger partial charge < -0.3 is 89.7 Å². The largest absolute Gasteiger partial charge is 0.481 e. The van der Waals surface area contributed by atoms with Gasteiger partial charge in [0, 0.05) is 5.41 Å². The summed E-state index contributed by atoms with van der Waals surface area (Å²) in [4.78, 5) is 13.1. The monoisotopic (exact) mass is 959 g/mol. The molecule has 24 atom stereocenters. The number of carbonyl (C=O) groups is 1. The van der Waals surface area contributed by atoms with E-state index >= 15 is 0 Å². The maximum atomic E-state index is 13.1. The molecule has 384 valence electrons. The van der Waals surface area contributed by atoms with Crippen LogP contribution in [0.25, 0.3) is 0 Å². The first kappa shape index (κ1) is 51.9. The third-order valence-corrected chi connectivity index (χ3v) is 19.5. The third kappa shape index (κ3) is 8.10. The minimum absolute atomic E-state index is 0.0273. The fraction of sp³-hybridized carbons (Fsp3) is 0.938. The molecule has 3 saturated heterocycles. The molecule has 0 aromatic heterocycles. The Morgan fingerprint density at radius 1 is 0.612 bits per heavy atom. The molecule has 0 aromatic rings. The molecule has 4 saturated carbocycles. The molecule has 19 nitrogen and oxygen atoms in total. The van der Waals surface area contributed by atoms with Gasteiger partial charge >= 0.3 is 5.97 Å². The van der Waals surface area contributed by atoms with Gasteiger partial charge in [-0.25, -0.2) is 0 Å². The molecule has 0 radical (unpaired) electrons. The van der Waals surface area contributed by atoms with Gasteiger partial charge in [0.25, 0.3) is 0 Å². The van der Waals surface area contributed by atoms with Crippen molar-refractivity contribution in [2.24, 2.45) is 50.2 Å². The molecule has 3 heterocycles. The summed E-state index contributed by atoms with van der Waals surface area (Å²) in [5, 5.41) is 129. The van der Waals surface area contributed by atoms with Gasteiger partial charge in [0.2, 0.25) is 0 Å². The summed E-state index contributed by atoms with van der Waals surface area (Å²) in [5.74, 6) is -0.533. The lowest BCUT2D eigenvalue weighted by atomic mass is 9.33. The highest BCUT2D eigenvalue weighted by molar-refractivity contribution is 5.76. The number of carboxylic acids is 1. The quantitative estimate of drug-likeness (QED) is 0.0933. The Balaban J connectivity index is 1.01. The first-order valence-corrected chi connectivity index (χ1v) is 24.5. The van der Waals surface area contributed by atoms with Crippen LogP contribution in [0.3, 0.4) is 0 Å². The maximum absolute atomic E-state index is 13.1. The fourth-order valence-electron chi connectivity index (χ4n) is 15.2. The highest BCUT2D eigenvalue weighted by Gasteiger charge is 2.70. The average Bonchev–Trinajstić information content (AvgIpc) is 3.28. The Kier molecular flexibility index (Phi) is 14.4. The number of hydrogen-bond acceptors (Lipinski definition) is 18. The number of allylic oxidation sites excluding steroid dienone is 2. The van der Waals surface area contributed by atoms with Crippen molar-refractivity contribution in [3.8, 4) is 0 Å². The summed E-state index contributed by atoms with van der Waals surface area (Å²) in [6.45, 7) is 11.0. The number of fused-ring (bicyclic) bond motifs is 7. The molecule has 3 aliphatic heterocycles. The molecule has 7 fully saturated rings. The van der Waals surface area contributed by atoms with Crippen molar-refractivity contribution in [2.45, 2.75) is 204 Å². The van der Waals surface area contributed by atoms with Crippen molar-refractivity contribution < 1.29 is 94.5 Å². The van der Waals surface area contributed by atoms with Crippen LogP contribution in [0.5, 0.6) is 0 Å². The maximum Gasteiger partial charge on any atom is 0.310 e. The zero-order valence-electron chi connectivity index (χ0n) is 39.7. The molecule has 8 aliphatic rings. The van der Waals surface area contributed by atoms with E-state index < -0.39 is 135 Å². The summed E-state index contributed by atoms with van der Waals surface area (Å²) in [6, 6.07) is 0. The van der Waals surface area contributed by atoms with Crippen molar-refractivity contribution in [1.29, 1.82) is 0 Å². The summed E-state index contributed by atoms with van der Waals surface area (Å²) in [5.41, 5.74) is -0.868. The lowest BCUT2D eigenvalue weighted by molar-refractivity contribution is -0.385. The molecule has 8 rings (SSSR count). The molecular weight excluding hydrogens is 881 g/mol. The van der Waals surface area contributed by atoms with Gasteiger partial charge in [-0.3, -0.25) is 4.79 Å². The second kappa shape index (κ2) is 18.5. The topological polar surface area (TPSA) is 315 Å². The Bertz CT molecular complexity index is 1820. The van der Waals surface area contributed by atoms with E-state index in [0.717, 1.165) is 38.5 Å². The number of aliphatic hydroxyl groups excluding tert-OH is 11. The van der Waals surface area contributed by atoms with E-state index in [2.05, 4.69) is 40.7 Å². The first-order valence-electron chi connectivity index (χ1n) is 24.5. The number of aliphatic hydroxyl groups is 11. The number of aliphatic carboxylic acids is 1. The van der Waals surface area contributed by atoms with Gasteiger partial charge in [0.05, 0.1) is 37.9 Å². The zero-order chi connectivity index (χ0) is 49.0. The summed E-state index contributed by atoms with van der Waals surface area (Å²) < 4.78 is 35.5. The Morgan fingerprint density at radius 3 is 1.67 bits per heavy atom. The molecule has 0 amide bonds. The van der Waals surface area contributed by atoms with E-state index in [-0.39, 0.29) is 46.0 Å². The van der Waals surface area contributed by atoms with Crippen molar-refractivity contribution in [2.75, 3.05) is 26.4 Å². The molecule has 0 unspecified atom stereocenters. The molecule has 0 aromatic carbocycles. The van der Waals surface area contributed by atoms with Crippen LogP contribution in [0.15, 0.2) is 11.6 Å². The van der Waals surface area contributed by atoms with Gasteiger partial charge in [0.15, 0.2) is 18.9 Å². The molecule has 67 heavy (non-hydrogen) atoms. The Hall–Kier alpha value is -1.47. The molecular formula is C48H78O19. The summed E-state index contributed by atoms with van der Waals surface area (Å²) in [7, 11) is 0. The van der Waals surface area contributed by atoms with Crippen LogP contribution in [0, 0.1) is 50.2 Å². The van der Waals surface area contributed by atoms with Crippen LogP contribution in [0.2, 0.25) is 0 Å². The van der Waals surface area contributed by atoms with Crippen LogP contribution >= 0.6 is 0 Å². The van der Waals surface area contributed by atoms with Crippen molar-refractivity contribution in [1.82, 2.24) is 0 Å². The van der Waals surface area contributed by atoms with Crippen LogP contribution in [-0.4, -0.2) is 192 Å². The average molecular weight is 959 g/mol. The lowest BCUT2D eigenvalue weighted by Crippen LogP contribution is -2.68. The molecule has 12 N–H and O–H groups in total. The van der Waals surface area contributed by atoms with Gasteiger partial charge in [0.1, 0.15) is 73.2 Å². The molecule has 19 heteroatoms. The third-order valence-electron chi connectivity index (χ3n) is 19.5. The smallest absolute Gasteiger partial charge is 0.310 e. The van der Waals surface area contributed by atoms with Crippen molar-refractivity contribution >= 4 is 5.97 Å². The lowest BCUT2D eigenvalue weighted by Gasteiger charge is -2.71. The Morgan fingerprint density at radius 2 is 1.13 bits per heavy atom. The van der Waals surface area contributed by atoms with E-state index in [1.54, 1.807) is 0 Å². The second-order valence-corrected chi connectivity index (χ2v) is 23.3. The minimum Gasteiger partial charge on any atom is -0.481 e. The van der Waals surface area contributed by atoms with Crippen molar-refractivity contribution in [3.63, 3.8) is 0 Å². The van der Waals surface area contributed by atoms with E-state index in [1.807, 2.05) is 6.92 Å². The van der Waals surface area contributed by atoms with E-state index in [1.165, 1.54) is 5.57 Å². The predicted molar refractivity (Wildman–Crippen MR) is 232 cm³/mol. The van der Waals surface area contributed by atoms with Crippen LogP contribution in [-0.2, 0) is 33.2 Å². The van der Waals surface area contributed by atoms with Gasteiger partial charge in [-0.1, -0.05) is 53.2 Å². The highest BCUT2D eigenvalue weighted by Crippen LogP contribution is 2.76. The van der Waals surface area contributed by atoms with Crippen LogP contribution in [0.4, 0.5) is 0 Å². The van der Waals surface area contributed by atoms with E-state index in [4.69, 9.17) is 28.4 Å². The highest BCUT2D eigenvalue weighted by atomic mass is 16.8. The van der Waals surface area contributed by atoms with Gasteiger partial charge in [-0.05, 0) is 104 Å². The van der Waals surface area contributed by atoms with Gasteiger partial charge in [-0.2, -0.15) is 0 Å². The number of hydrogen-bond donors (Lipinski definition) is 12. The zero-order valence-corrected chi connectivity index (χ0v) is 39.7. The Labute approximate surface area is 392 Å². The number of ether oxygens (including phenoxy) is 6. The standard InChI is InChI=1S/C48H78O19/c1-43(2)13-15-48(42(60)61)16-14-46(5)22(23(48)17-43)7-8-28-44(3)11-10-29(45(4,21-52)27(44)9-12-47(28,46)6)65-40-35(58)37(31(54)25(19-50)63-40)67-41-36(59)38(32(55)26(20-51)64-41)66-39-34(57)33(56)30(53)24(18-49)62-39/h7,23-41,49-59H,8-21H2,1-6H3,(H,60,61)/t23-,24+,25+,26+,27+,28+,29-,30+,31-,32-,33-,34+,35+,36+,37-,38-,39-,40-,41-,44-,45-,46+,47+,48-/m0/s1. The van der Waals surface area contributed by atoms with E-state index in [0.29, 0.717) is 25.7 Å². The fourth-order valence-corrected chi connectivity index (χ4v) is 15.2. The predicted octanol–water partition coefficient (Wildman–Crippen LogP) is -0.321. The van der Waals surface area contributed by atoms with E-state index in [9.17, 15) is 66.1 Å². The molecule has 0 spiro atoms. The van der Waals surface area contributed by atoms with Crippen LogP contribution < -0.4 is 0 Å². The second-order valence-electron chi connectivity index (χ2n) is 23.3. The number of carboxylic acid groups (broad SMARTS) is 1. The van der Waals surface area contributed by atoms with Crippen LogP contribution in [0.1, 0.15) is 106 Å². The minimum atomic E-state index is -1.97. The SMILES string of the molecule is CC1(C)CC[C@]2(C(=O)O)CC[C@]3(C)C(=CC[C@@H]4[C@@]5(C)CC[C@H](O[C@@H]6O[C@H](CO)[C@H](O)[C@H](O[C@@H]7O[C@H](CO)[C@H](O)[C@H](O[C@@H]8O[C@H](CO)[C@@H](O)[C@H](O)[C@H]8O)[C@H]7O)[C@H]6O)[C@@](C)(CO)[C@@H]5CC[C@]43C)[C@@H]2C1.